The van der Waals surface area contributed by atoms with Gasteiger partial charge in [0.2, 0.25) is 0 Å². The van der Waals surface area contributed by atoms with Crippen molar-refractivity contribution in [1.82, 2.24) is 5.32 Å². The Hall–Kier alpha value is -1.62. The minimum Gasteiger partial charge on any atom is -0.480 e. The molecule has 6 heteroatoms. The Morgan fingerprint density at radius 3 is 2.59 bits per heavy atom. The predicted molar refractivity (Wildman–Crippen MR) is 61.1 cm³/mol. The Labute approximate surface area is 102 Å². The number of amides is 1. The number of carbonyl (C=O) groups excluding carboxylic acids is 1. The zero-order chi connectivity index (χ0) is 13.0. The van der Waals surface area contributed by atoms with Crippen LogP contribution in [0.25, 0.3) is 0 Å². The third kappa shape index (κ3) is 3.71. The van der Waals surface area contributed by atoms with Crippen LogP contribution in [0.2, 0.25) is 5.02 Å². The van der Waals surface area contributed by atoms with Crippen LogP contribution in [0, 0.1) is 6.92 Å². The number of halogens is 2. The number of hydrogen-bond donors (Lipinski definition) is 2. The van der Waals surface area contributed by atoms with Crippen molar-refractivity contribution in [2.75, 3.05) is 6.67 Å². The normalized spacial score (nSPS) is 11.9. The molecule has 17 heavy (non-hydrogen) atoms. The van der Waals surface area contributed by atoms with Gasteiger partial charge in [-0.1, -0.05) is 11.6 Å². The first kappa shape index (κ1) is 13.4. The maximum Gasteiger partial charge on any atom is 0.328 e. The van der Waals surface area contributed by atoms with E-state index in [1.165, 1.54) is 6.07 Å². The van der Waals surface area contributed by atoms with Crippen molar-refractivity contribution < 1.29 is 19.1 Å². The van der Waals surface area contributed by atoms with Gasteiger partial charge >= 0.3 is 5.97 Å². The maximum atomic E-state index is 12.3. The van der Waals surface area contributed by atoms with Crippen LogP contribution in [-0.4, -0.2) is 29.7 Å². The van der Waals surface area contributed by atoms with E-state index in [9.17, 15) is 14.0 Å². The third-order valence-corrected chi connectivity index (χ3v) is 2.28. The van der Waals surface area contributed by atoms with Gasteiger partial charge in [-0.3, -0.25) is 4.79 Å². The summed E-state index contributed by atoms with van der Waals surface area (Å²) in [4.78, 5) is 22.2. The second kappa shape index (κ2) is 5.63. The first-order valence-electron chi connectivity index (χ1n) is 4.81. The summed E-state index contributed by atoms with van der Waals surface area (Å²) in [5.41, 5.74) is 0.962. The lowest BCUT2D eigenvalue weighted by molar-refractivity contribution is -0.139. The molecular formula is C11H11ClFNO3. The summed E-state index contributed by atoms with van der Waals surface area (Å²) in [7, 11) is 0. The minimum atomic E-state index is -1.54. The van der Waals surface area contributed by atoms with Crippen molar-refractivity contribution in [2.45, 2.75) is 13.0 Å². The second-order valence-corrected chi connectivity index (χ2v) is 3.97. The molecule has 0 radical (unpaired) electrons. The van der Waals surface area contributed by atoms with Crippen LogP contribution in [0.3, 0.4) is 0 Å². The number of aryl methyl sites for hydroxylation is 1. The number of carboxylic acids is 1. The van der Waals surface area contributed by atoms with E-state index in [1.807, 2.05) is 0 Å². The standard InChI is InChI=1S/C11H11ClFNO3/c1-6-2-7(4-8(12)3-6)10(15)14-9(5-13)11(16)17/h2-4,9H,5H2,1H3,(H,14,15)(H,16,17). The molecule has 0 saturated heterocycles. The quantitative estimate of drug-likeness (QED) is 0.866. The first-order valence-corrected chi connectivity index (χ1v) is 5.18. The SMILES string of the molecule is Cc1cc(Cl)cc(C(=O)NC(CF)C(=O)O)c1. The lowest BCUT2D eigenvalue weighted by Crippen LogP contribution is -2.42. The van der Waals surface area contributed by atoms with Crippen molar-refractivity contribution in [1.29, 1.82) is 0 Å². The molecule has 1 aromatic carbocycles. The molecule has 0 bridgehead atoms. The van der Waals surface area contributed by atoms with Gasteiger partial charge < -0.3 is 10.4 Å². The van der Waals surface area contributed by atoms with Crippen LogP contribution >= 0.6 is 11.6 Å². The van der Waals surface area contributed by atoms with Crippen molar-refractivity contribution >= 4 is 23.5 Å². The summed E-state index contributed by atoms with van der Waals surface area (Å²) >= 11 is 5.76. The van der Waals surface area contributed by atoms with Gasteiger partial charge in [-0.05, 0) is 30.7 Å². The molecular weight excluding hydrogens is 249 g/mol. The van der Waals surface area contributed by atoms with E-state index < -0.39 is 24.6 Å². The fourth-order valence-electron chi connectivity index (χ4n) is 1.28. The van der Waals surface area contributed by atoms with Gasteiger partial charge in [0.05, 0.1) is 0 Å². The fraction of sp³-hybridized carbons (Fsp3) is 0.273. The number of hydrogen-bond acceptors (Lipinski definition) is 2. The minimum absolute atomic E-state index is 0.203. The van der Waals surface area contributed by atoms with Gasteiger partial charge in [-0.2, -0.15) is 0 Å². The molecule has 1 atom stereocenters. The van der Waals surface area contributed by atoms with Crippen LogP contribution in [0.1, 0.15) is 15.9 Å². The Morgan fingerprint density at radius 2 is 2.12 bits per heavy atom. The molecule has 1 amide bonds. The molecule has 0 aliphatic rings. The van der Waals surface area contributed by atoms with E-state index in [4.69, 9.17) is 16.7 Å². The molecule has 92 valence electrons. The summed E-state index contributed by atoms with van der Waals surface area (Å²) in [6.45, 7) is 0.577. The van der Waals surface area contributed by atoms with Gasteiger partial charge in [0, 0.05) is 10.6 Å². The van der Waals surface area contributed by atoms with Crippen molar-refractivity contribution in [3.05, 3.63) is 34.3 Å². The second-order valence-electron chi connectivity index (χ2n) is 3.54. The highest BCUT2D eigenvalue weighted by atomic mass is 35.5. The summed E-state index contributed by atoms with van der Waals surface area (Å²) in [6.07, 6.45) is 0. The third-order valence-electron chi connectivity index (χ3n) is 2.06. The molecule has 1 aromatic rings. The number of carbonyl (C=O) groups is 2. The average Bonchev–Trinajstić information content (AvgIpc) is 2.23. The van der Waals surface area contributed by atoms with E-state index >= 15 is 0 Å². The van der Waals surface area contributed by atoms with Gasteiger partial charge in [-0.25, -0.2) is 9.18 Å². The molecule has 0 fully saturated rings. The predicted octanol–water partition coefficient (Wildman–Crippen LogP) is 1.80. The highest BCUT2D eigenvalue weighted by Crippen LogP contribution is 2.14. The highest BCUT2D eigenvalue weighted by Gasteiger charge is 2.20. The lowest BCUT2D eigenvalue weighted by Gasteiger charge is -2.11. The molecule has 0 aliphatic heterocycles. The maximum absolute atomic E-state index is 12.3. The lowest BCUT2D eigenvalue weighted by atomic mass is 10.1. The van der Waals surface area contributed by atoms with E-state index in [2.05, 4.69) is 5.32 Å². The molecule has 4 nitrogen and oxygen atoms in total. The number of rotatable bonds is 4. The van der Waals surface area contributed by atoms with Crippen LogP contribution in [0.15, 0.2) is 18.2 Å². The van der Waals surface area contributed by atoms with Crippen LogP contribution < -0.4 is 5.32 Å². The van der Waals surface area contributed by atoms with E-state index in [0.29, 0.717) is 5.02 Å². The summed E-state index contributed by atoms with van der Waals surface area (Å²) in [5, 5.41) is 11.0. The number of alkyl halides is 1. The average molecular weight is 260 g/mol. The smallest absolute Gasteiger partial charge is 0.328 e. The number of aliphatic carboxylic acids is 1. The summed E-state index contributed by atoms with van der Waals surface area (Å²) in [5.74, 6) is -2.08. The molecule has 2 N–H and O–H groups in total. The Morgan fingerprint density at radius 1 is 1.47 bits per heavy atom. The molecule has 0 heterocycles. The topological polar surface area (TPSA) is 66.4 Å². The van der Waals surface area contributed by atoms with E-state index in [0.717, 1.165) is 5.56 Å². The zero-order valence-corrected chi connectivity index (χ0v) is 9.79. The van der Waals surface area contributed by atoms with Crippen molar-refractivity contribution in [2.24, 2.45) is 0 Å². The number of nitrogens with one attached hydrogen (secondary N) is 1. The number of carboxylic acid groups (broad SMARTS) is 1. The molecule has 0 spiro atoms. The fourth-order valence-corrected chi connectivity index (χ4v) is 1.56. The monoisotopic (exact) mass is 259 g/mol. The van der Waals surface area contributed by atoms with E-state index in [1.54, 1.807) is 19.1 Å². The molecule has 0 saturated carbocycles. The Balaban J connectivity index is 2.86. The number of benzene rings is 1. The molecule has 1 rings (SSSR count). The van der Waals surface area contributed by atoms with Gasteiger partial charge in [0.25, 0.3) is 5.91 Å². The summed E-state index contributed by atoms with van der Waals surface area (Å²) in [6, 6.07) is 3.04. The Bertz CT molecular complexity index is 430. The first-order chi connectivity index (χ1) is 7.93. The van der Waals surface area contributed by atoms with Crippen molar-refractivity contribution in [3.63, 3.8) is 0 Å². The molecule has 0 aliphatic carbocycles. The van der Waals surface area contributed by atoms with Crippen LogP contribution in [0.4, 0.5) is 4.39 Å². The van der Waals surface area contributed by atoms with E-state index in [-0.39, 0.29) is 5.56 Å². The van der Waals surface area contributed by atoms with Gasteiger partial charge in [-0.15, -0.1) is 0 Å². The zero-order valence-electron chi connectivity index (χ0n) is 9.04. The van der Waals surface area contributed by atoms with Gasteiger partial charge in [0.1, 0.15) is 6.67 Å². The molecule has 0 aromatic heterocycles. The Kier molecular flexibility index (Phi) is 4.45. The van der Waals surface area contributed by atoms with Crippen molar-refractivity contribution in [3.8, 4) is 0 Å². The molecule has 1 unspecified atom stereocenters. The van der Waals surface area contributed by atoms with Gasteiger partial charge in [0.15, 0.2) is 6.04 Å². The van der Waals surface area contributed by atoms with Crippen LogP contribution in [-0.2, 0) is 4.79 Å². The highest BCUT2D eigenvalue weighted by molar-refractivity contribution is 6.31. The largest absolute Gasteiger partial charge is 0.480 e. The summed E-state index contributed by atoms with van der Waals surface area (Å²) < 4.78 is 12.3. The van der Waals surface area contributed by atoms with Crippen LogP contribution in [0.5, 0.6) is 0 Å².